The minimum Gasteiger partial charge on any atom is -1.00 e. The molecule has 0 spiro atoms. The van der Waals surface area contributed by atoms with Crippen LogP contribution in [0.3, 0.4) is 0 Å². The normalized spacial score (nSPS) is 11.0. The summed E-state index contributed by atoms with van der Waals surface area (Å²) in [6.45, 7) is 8.92. The minimum absolute atomic E-state index is 0. The molecular formula is C38H38Cl2Zr. The second kappa shape index (κ2) is 16.3. The van der Waals surface area contributed by atoms with E-state index in [0.717, 1.165) is 0 Å². The summed E-state index contributed by atoms with van der Waals surface area (Å²) < 4.78 is 0. The Labute approximate surface area is 277 Å². The van der Waals surface area contributed by atoms with Crippen molar-refractivity contribution in [3.63, 3.8) is 0 Å². The molecule has 0 saturated heterocycles. The van der Waals surface area contributed by atoms with E-state index in [1.807, 2.05) is 0 Å². The molecule has 0 aliphatic rings. The van der Waals surface area contributed by atoms with Crippen molar-refractivity contribution in [2.45, 2.75) is 52.9 Å². The minimum atomic E-state index is 0. The fourth-order valence-corrected chi connectivity index (χ4v) is 5.78. The van der Waals surface area contributed by atoms with Crippen molar-refractivity contribution in [1.29, 1.82) is 0 Å². The van der Waals surface area contributed by atoms with Gasteiger partial charge in [0.25, 0.3) is 0 Å². The van der Waals surface area contributed by atoms with Gasteiger partial charge in [-0.05, 0) is 23.5 Å². The summed E-state index contributed by atoms with van der Waals surface area (Å²) in [5, 5.41) is 5.52. The van der Waals surface area contributed by atoms with E-state index < -0.39 is 0 Å². The summed E-state index contributed by atoms with van der Waals surface area (Å²) >= 11 is 0. The van der Waals surface area contributed by atoms with Crippen LogP contribution in [0.15, 0.2) is 115 Å². The quantitative estimate of drug-likeness (QED) is 0.212. The van der Waals surface area contributed by atoms with Crippen molar-refractivity contribution in [2.75, 3.05) is 0 Å². The molecule has 6 aromatic carbocycles. The molecule has 1 unspecified atom stereocenters. The van der Waals surface area contributed by atoms with E-state index in [-0.39, 0.29) is 51.0 Å². The average molecular weight is 657 g/mol. The SMILES string of the molecule is CCCC(CC)c1cc2c(-c3ccccc3)cccc2[cH-]1.Cc1cc2c(-c3ccccc3)ccc(C)c2[cH-]1.[Cl-].[Cl-].[Zr+4]. The van der Waals surface area contributed by atoms with Crippen molar-refractivity contribution >= 4 is 21.5 Å². The smallest absolute Gasteiger partial charge is 1.00 e. The van der Waals surface area contributed by atoms with E-state index in [2.05, 4.69) is 143 Å². The maximum absolute atomic E-state index is 2.42. The second-order valence-electron chi connectivity index (χ2n) is 10.5. The van der Waals surface area contributed by atoms with Gasteiger partial charge in [-0.25, -0.2) is 0 Å². The molecule has 0 saturated carbocycles. The largest absolute Gasteiger partial charge is 4.00 e. The van der Waals surface area contributed by atoms with Crippen LogP contribution in [-0.2, 0) is 26.2 Å². The van der Waals surface area contributed by atoms with Crippen LogP contribution >= 0.6 is 0 Å². The second-order valence-corrected chi connectivity index (χ2v) is 10.5. The third kappa shape index (κ3) is 7.90. The van der Waals surface area contributed by atoms with Gasteiger partial charge in [-0.15, -0.1) is 68.6 Å². The number of benzene rings is 4. The van der Waals surface area contributed by atoms with Crippen LogP contribution < -0.4 is 24.8 Å². The topological polar surface area (TPSA) is 0 Å². The summed E-state index contributed by atoms with van der Waals surface area (Å²) in [6.07, 6.45) is 3.77. The summed E-state index contributed by atoms with van der Waals surface area (Å²) in [6, 6.07) is 41.8. The van der Waals surface area contributed by atoms with E-state index >= 15 is 0 Å². The zero-order valence-corrected chi connectivity index (χ0v) is 28.4. The summed E-state index contributed by atoms with van der Waals surface area (Å²) in [5.74, 6) is 0.700. The van der Waals surface area contributed by atoms with Gasteiger partial charge in [0.05, 0.1) is 0 Å². The fourth-order valence-electron chi connectivity index (χ4n) is 5.78. The number of halogens is 2. The number of hydrogen-bond donors (Lipinski definition) is 0. The molecule has 3 heteroatoms. The average Bonchev–Trinajstić information content (AvgIpc) is 3.57. The zero-order valence-electron chi connectivity index (χ0n) is 24.4. The first kappa shape index (κ1) is 34.8. The number of rotatable bonds is 6. The van der Waals surface area contributed by atoms with Gasteiger partial charge in [0, 0.05) is 0 Å². The van der Waals surface area contributed by atoms with Crippen molar-refractivity contribution in [1.82, 2.24) is 0 Å². The Kier molecular flexibility index (Phi) is 13.8. The molecule has 0 aromatic heterocycles. The molecule has 0 bridgehead atoms. The fraction of sp³-hybridized carbons (Fsp3) is 0.211. The molecule has 208 valence electrons. The number of aryl methyl sites for hydroxylation is 2. The first-order chi connectivity index (χ1) is 18.6. The van der Waals surface area contributed by atoms with Crippen LogP contribution in [-0.4, -0.2) is 0 Å². The zero-order chi connectivity index (χ0) is 26.5. The van der Waals surface area contributed by atoms with Crippen molar-refractivity contribution in [2.24, 2.45) is 0 Å². The molecule has 0 heterocycles. The Morgan fingerprint density at radius 2 is 1.24 bits per heavy atom. The standard InChI is InChI=1S/C21H23.C17H15.2ClH.Zr/c1-3-9-16(4-2)19-14-18-12-8-13-20(21(18)15-19)17-10-6-5-7-11-17;1-12-10-16-13(2)8-9-15(17(16)11-12)14-6-4-3-5-7-14;;;/h5-8,10-16H,3-4,9H2,1-2H3;3-11H,1-2H3;2*1H;/q2*-1;;;+4/p-2. The predicted octanol–water partition coefficient (Wildman–Crippen LogP) is 5.37. The van der Waals surface area contributed by atoms with Gasteiger partial charge in [0.1, 0.15) is 0 Å². The molecule has 41 heavy (non-hydrogen) atoms. The van der Waals surface area contributed by atoms with Gasteiger partial charge in [-0.3, -0.25) is 0 Å². The molecule has 6 rings (SSSR count). The van der Waals surface area contributed by atoms with Gasteiger partial charge in [0.15, 0.2) is 0 Å². The number of hydrogen-bond acceptors (Lipinski definition) is 0. The Bertz CT molecular complexity index is 1630. The number of fused-ring (bicyclic) bond motifs is 2. The van der Waals surface area contributed by atoms with E-state index in [4.69, 9.17) is 0 Å². The van der Waals surface area contributed by atoms with Crippen LogP contribution in [0.2, 0.25) is 0 Å². The van der Waals surface area contributed by atoms with E-state index in [0.29, 0.717) is 5.92 Å². The third-order valence-electron chi connectivity index (χ3n) is 7.79. The van der Waals surface area contributed by atoms with Gasteiger partial charge < -0.3 is 24.8 Å². The van der Waals surface area contributed by atoms with Crippen LogP contribution in [0.1, 0.15) is 55.7 Å². The van der Waals surface area contributed by atoms with Gasteiger partial charge >= 0.3 is 26.2 Å². The van der Waals surface area contributed by atoms with Crippen LogP contribution in [0.25, 0.3) is 43.8 Å². The van der Waals surface area contributed by atoms with Gasteiger partial charge in [-0.2, -0.15) is 12.1 Å². The van der Waals surface area contributed by atoms with Gasteiger partial charge in [0.2, 0.25) is 0 Å². The molecule has 0 N–H and O–H groups in total. The first-order valence-electron chi connectivity index (χ1n) is 14.1. The molecule has 6 aromatic rings. The molecular weight excluding hydrogens is 619 g/mol. The summed E-state index contributed by atoms with van der Waals surface area (Å²) in [4.78, 5) is 0. The first-order valence-corrected chi connectivity index (χ1v) is 14.1. The molecule has 0 amide bonds. The van der Waals surface area contributed by atoms with E-state index in [1.54, 1.807) is 0 Å². The van der Waals surface area contributed by atoms with Crippen LogP contribution in [0.5, 0.6) is 0 Å². The molecule has 0 aliphatic heterocycles. The van der Waals surface area contributed by atoms with Crippen LogP contribution in [0.4, 0.5) is 0 Å². The van der Waals surface area contributed by atoms with Gasteiger partial charge in [-0.1, -0.05) is 124 Å². The molecule has 0 fully saturated rings. The molecule has 0 nitrogen and oxygen atoms in total. The van der Waals surface area contributed by atoms with Crippen molar-refractivity contribution in [3.8, 4) is 22.3 Å². The summed E-state index contributed by atoms with van der Waals surface area (Å²) in [5.41, 5.74) is 9.49. The van der Waals surface area contributed by atoms with Crippen molar-refractivity contribution < 1.29 is 51.0 Å². The molecule has 0 aliphatic carbocycles. The van der Waals surface area contributed by atoms with E-state index in [1.165, 1.54) is 79.8 Å². The Morgan fingerprint density at radius 1 is 0.634 bits per heavy atom. The Morgan fingerprint density at radius 3 is 1.83 bits per heavy atom. The monoisotopic (exact) mass is 654 g/mol. The van der Waals surface area contributed by atoms with E-state index in [9.17, 15) is 0 Å². The van der Waals surface area contributed by atoms with Crippen LogP contribution in [0, 0.1) is 13.8 Å². The molecule has 0 radical (unpaired) electrons. The third-order valence-corrected chi connectivity index (χ3v) is 7.79. The Balaban J connectivity index is 0.000000272. The summed E-state index contributed by atoms with van der Waals surface area (Å²) in [7, 11) is 0. The maximum Gasteiger partial charge on any atom is 4.00 e. The van der Waals surface area contributed by atoms with Crippen molar-refractivity contribution in [3.05, 3.63) is 132 Å². The maximum atomic E-state index is 2.42. The Hall–Kier alpha value is -2.44. The predicted molar refractivity (Wildman–Crippen MR) is 167 cm³/mol. The molecule has 1 atom stereocenters.